The van der Waals surface area contributed by atoms with E-state index in [0.29, 0.717) is 18.8 Å². The van der Waals surface area contributed by atoms with Crippen molar-refractivity contribution in [1.29, 1.82) is 5.26 Å². The topological polar surface area (TPSA) is 81.8 Å². The first-order valence-corrected chi connectivity index (χ1v) is 6.36. The zero-order chi connectivity index (χ0) is 14.4. The van der Waals surface area contributed by atoms with Crippen molar-refractivity contribution in [3.8, 4) is 6.07 Å². The highest BCUT2D eigenvalue weighted by atomic mass is 16.3. The molecule has 1 aromatic heterocycles. The van der Waals surface area contributed by atoms with E-state index in [1.54, 1.807) is 6.92 Å². The van der Waals surface area contributed by atoms with E-state index in [2.05, 4.69) is 15.3 Å². The van der Waals surface area contributed by atoms with Crippen LogP contribution in [0.2, 0.25) is 0 Å². The lowest BCUT2D eigenvalue weighted by molar-refractivity contribution is 0.0515. The molecule has 0 spiro atoms. The maximum atomic E-state index is 10.4. The van der Waals surface area contributed by atoms with Gasteiger partial charge in [-0.25, -0.2) is 9.97 Å². The van der Waals surface area contributed by atoms with Gasteiger partial charge in [0, 0.05) is 18.9 Å². The van der Waals surface area contributed by atoms with E-state index in [4.69, 9.17) is 5.26 Å². The van der Waals surface area contributed by atoms with Gasteiger partial charge in [0.25, 0.3) is 0 Å². The van der Waals surface area contributed by atoms with E-state index in [9.17, 15) is 5.11 Å². The van der Waals surface area contributed by atoms with Gasteiger partial charge in [-0.1, -0.05) is 30.3 Å². The zero-order valence-corrected chi connectivity index (χ0v) is 11.2. The van der Waals surface area contributed by atoms with Crippen molar-refractivity contribution in [2.24, 2.45) is 0 Å². The van der Waals surface area contributed by atoms with Crippen LogP contribution in [0.25, 0.3) is 0 Å². The first kappa shape index (κ1) is 14.0. The number of nitrogens with one attached hydrogen (secondary N) is 1. The Morgan fingerprint density at radius 3 is 2.65 bits per heavy atom. The fourth-order valence-corrected chi connectivity index (χ4v) is 1.92. The summed E-state index contributed by atoms with van der Waals surface area (Å²) in [7, 11) is 0. The van der Waals surface area contributed by atoms with E-state index in [1.807, 2.05) is 36.4 Å². The van der Waals surface area contributed by atoms with Gasteiger partial charge in [-0.05, 0) is 18.9 Å². The highest BCUT2D eigenvalue weighted by Crippen LogP contribution is 2.24. The fourth-order valence-electron chi connectivity index (χ4n) is 1.92. The van der Waals surface area contributed by atoms with Crippen molar-refractivity contribution in [3.05, 3.63) is 54.0 Å². The summed E-state index contributed by atoms with van der Waals surface area (Å²) in [6.07, 6.45) is 3.50. The zero-order valence-electron chi connectivity index (χ0n) is 11.2. The van der Waals surface area contributed by atoms with E-state index in [1.165, 1.54) is 12.4 Å². The molecule has 20 heavy (non-hydrogen) atoms. The molecule has 0 aliphatic heterocycles. The molecule has 0 radical (unpaired) electrons. The number of aliphatic hydroxyl groups is 1. The summed E-state index contributed by atoms with van der Waals surface area (Å²) in [6.45, 7) is 2.27. The predicted molar refractivity (Wildman–Crippen MR) is 75.9 cm³/mol. The molecule has 0 aliphatic rings. The van der Waals surface area contributed by atoms with Gasteiger partial charge in [0.1, 0.15) is 6.07 Å². The van der Waals surface area contributed by atoms with E-state index >= 15 is 0 Å². The highest BCUT2D eigenvalue weighted by Gasteiger charge is 2.22. The maximum Gasteiger partial charge on any atom is 0.182 e. The van der Waals surface area contributed by atoms with Crippen molar-refractivity contribution in [1.82, 2.24) is 9.97 Å². The maximum absolute atomic E-state index is 10.4. The second kappa shape index (κ2) is 6.13. The van der Waals surface area contributed by atoms with Gasteiger partial charge in [-0.3, -0.25) is 0 Å². The Morgan fingerprint density at radius 1 is 1.25 bits per heavy atom. The van der Waals surface area contributed by atoms with Crippen molar-refractivity contribution in [3.63, 3.8) is 0 Å². The predicted octanol–water partition coefficient (Wildman–Crippen LogP) is 2.06. The van der Waals surface area contributed by atoms with Crippen LogP contribution in [0, 0.1) is 11.3 Å². The van der Waals surface area contributed by atoms with Gasteiger partial charge < -0.3 is 10.4 Å². The number of nitriles is 1. The third-order valence-corrected chi connectivity index (χ3v) is 3.10. The van der Waals surface area contributed by atoms with Gasteiger partial charge in [-0.15, -0.1) is 0 Å². The monoisotopic (exact) mass is 268 g/mol. The summed E-state index contributed by atoms with van der Waals surface area (Å²) in [5.74, 6) is 0.443. The molecule has 0 bridgehead atoms. The molecule has 0 saturated carbocycles. The highest BCUT2D eigenvalue weighted by molar-refractivity contribution is 5.46. The third-order valence-electron chi connectivity index (χ3n) is 3.10. The molecule has 0 aliphatic carbocycles. The number of hydrogen-bond acceptors (Lipinski definition) is 5. The molecular formula is C15H16N4O. The van der Waals surface area contributed by atoms with Crippen LogP contribution in [0.1, 0.15) is 24.6 Å². The first-order chi connectivity index (χ1) is 9.63. The Labute approximate surface area is 117 Å². The Morgan fingerprint density at radius 2 is 1.95 bits per heavy atom. The molecule has 2 aromatic rings. The second-order valence-corrected chi connectivity index (χ2v) is 4.68. The lowest BCUT2D eigenvalue weighted by Gasteiger charge is -2.24. The van der Waals surface area contributed by atoms with E-state index in [-0.39, 0.29) is 5.69 Å². The molecule has 2 rings (SSSR count). The van der Waals surface area contributed by atoms with E-state index < -0.39 is 5.60 Å². The summed E-state index contributed by atoms with van der Waals surface area (Å²) in [5, 5.41) is 22.4. The van der Waals surface area contributed by atoms with Gasteiger partial charge in [-0.2, -0.15) is 5.26 Å². The molecule has 1 heterocycles. The van der Waals surface area contributed by atoms with Crippen LogP contribution >= 0.6 is 0 Å². The Hall–Kier alpha value is -2.45. The fraction of sp³-hybridized carbons (Fsp3) is 0.267. The van der Waals surface area contributed by atoms with Crippen molar-refractivity contribution >= 4 is 5.82 Å². The Balaban J connectivity index is 1.98. The van der Waals surface area contributed by atoms with Crippen LogP contribution in [0.4, 0.5) is 5.82 Å². The van der Waals surface area contributed by atoms with Gasteiger partial charge in [0.05, 0.1) is 5.60 Å². The smallest absolute Gasteiger partial charge is 0.182 e. The van der Waals surface area contributed by atoms with Crippen molar-refractivity contribution < 1.29 is 5.11 Å². The molecule has 1 unspecified atom stereocenters. The molecule has 0 saturated heterocycles. The standard InChI is InChI=1S/C15H16N4O/c1-15(20,12-5-3-2-4-6-12)7-8-18-14-13(11-16)17-9-10-19-14/h2-6,9-10,20H,7-8H2,1H3,(H,18,19). The van der Waals surface area contributed by atoms with Crippen LogP contribution in [0.15, 0.2) is 42.7 Å². The number of benzene rings is 1. The van der Waals surface area contributed by atoms with Crippen LogP contribution in [0.5, 0.6) is 0 Å². The number of nitrogens with zero attached hydrogens (tertiary/aromatic N) is 3. The average Bonchev–Trinajstić information content (AvgIpc) is 2.48. The van der Waals surface area contributed by atoms with Crippen LogP contribution in [-0.4, -0.2) is 21.6 Å². The van der Waals surface area contributed by atoms with Gasteiger partial charge in [0.15, 0.2) is 11.5 Å². The number of rotatable bonds is 5. The third kappa shape index (κ3) is 3.31. The molecular weight excluding hydrogens is 252 g/mol. The Kier molecular flexibility index (Phi) is 4.28. The summed E-state index contributed by atoms with van der Waals surface area (Å²) < 4.78 is 0. The summed E-state index contributed by atoms with van der Waals surface area (Å²) in [4.78, 5) is 7.99. The van der Waals surface area contributed by atoms with Crippen molar-refractivity contribution in [2.75, 3.05) is 11.9 Å². The minimum Gasteiger partial charge on any atom is -0.385 e. The molecule has 5 heteroatoms. The first-order valence-electron chi connectivity index (χ1n) is 6.36. The number of hydrogen-bond donors (Lipinski definition) is 2. The molecule has 1 aromatic carbocycles. The van der Waals surface area contributed by atoms with Gasteiger partial charge >= 0.3 is 0 Å². The number of anilines is 1. The molecule has 0 fully saturated rings. The minimum absolute atomic E-state index is 0.256. The molecule has 5 nitrogen and oxygen atoms in total. The van der Waals surface area contributed by atoms with Gasteiger partial charge in [0.2, 0.25) is 0 Å². The normalized spacial score (nSPS) is 13.2. The van der Waals surface area contributed by atoms with Crippen LogP contribution in [-0.2, 0) is 5.60 Å². The lowest BCUT2D eigenvalue weighted by atomic mass is 9.93. The lowest BCUT2D eigenvalue weighted by Crippen LogP contribution is -2.25. The summed E-state index contributed by atoms with van der Waals surface area (Å²) in [5.41, 5.74) is 0.191. The second-order valence-electron chi connectivity index (χ2n) is 4.68. The minimum atomic E-state index is -0.927. The molecule has 0 amide bonds. The molecule has 1 atom stereocenters. The molecule has 102 valence electrons. The average molecular weight is 268 g/mol. The summed E-state index contributed by atoms with van der Waals surface area (Å²) in [6, 6.07) is 11.5. The van der Waals surface area contributed by atoms with Crippen LogP contribution < -0.4 is 5.32 Å². The number of aromatic nitrogens is 2. The Bertz CT molecular complexity index is 605. The van der Waals surface area contributed by atoms with E-state index in [0.717, 1.165) is 5.56 Å². The van der Waals surface area contributed by atoms with Crippen molar-refractivity contribution in [2.45, 2.75) is 18.9 Å². The molecule has 2 N–H and O–H groups in total. The largest absolute Gasteiger partial charge is 0.385 e. The summed E-state index contributed by atoms with van der Waals surface area (Å²) >= 11 is 0. The quantitative estimate of drug-likeness (QED) is 0.867. The SMILES string of the molecule is CC(O)(CCNc1nccnc1C#N)c1ccccc1. The van der Waals surface area contributed by atoms with Crippen LogP contribution in [0.3, 0.4) is 0 Å².